The van der Waals surface area contributed by atoms with Gasteiger partial charge in [-0.3, -0.25) is 0 Å². The third kappa shape index (κ3) is 1.95. The van der Waals surface area contributed by atoms with Crippen LogP contribution in [0.25, 0.3) is 0 Å². The van der Waals surface area contributed by atoms with Gasteiger partial charge in [0, 0.05) is 0 Å². The molecule has 1 aliphatic heterocycles. The fourth-order valence-electron chi connectivity index (χ4n) is 1.96. The number of hydrogen-bond acceptors (Lipinski definition) is 3. The number of fused-ring (bicyclic) bond motifs is 1. The van der Waals surface area contributed by atoms with Crippen molar-refractivity contribution in [3.8, 4) is 0 Å². The van der Waals surface area contributed by atoms with E-state index >= 15 is 0 Å². The third-order valence-electron chi connectivity index (χ3n) is 2.92. The van der Waals surface area contributed by atoms with Crippen LogP contribution in [0.4, 0.5) is 5.69 Å². The van der Waals surface area contributed by atoms with E-state index in [1.165, 1.54) is 5.11 Å². The van der Waals surface area contributed by atoms with Gasteiger partial charge in [0.15, 0.2) is 0 Å². The topological polar surface area (TPSA) is 49.7 Å². The summed E-state index contributed by atoms with van der Waals surface area (Å²) in [6.45, 7) is 0. The van der Waals surface area contributed by atoms with E-state index in [1.807, 2.05) is 42.5 Å². The normalized spacial score (nSPS) is 18.6. The maximum absolute atomic E-state index is 11.8. The summed E-state index contributed by atoms with van der Waals surface area (Å²) >= 11 is -2.13. The number of aliphatic imine (C=N–C) groups is 1. The Morgan fingerprint density at radius 1 is 1.06 bits per heavy atom. The molecule has 0 radical (unpaired) electrons. The Morgan fingerprint density at radius 2 is 1.83 bits per heavy atom. The van der Waals surface area contributed by atoms with Crippen LogP contribution in [0.15, 0.2) is 53.5 Å². The first-order valence-corrected chi connectivity index (χ1v) is 8.12. The van der Waals surface area contributed by atoms with Crippen LogP contribution in [0.5, 0.6) is 0 Å². The summed E-state index contributed by atoms with van der Waals surface area (Å²) in [6, 6.07) is 14.9. The number of hydrogen-bond donors (Lipinski definition) is 1. The molecular formula is C14H11NO2Se. The molecule has 0 amide bonds. The first kappa shape index (κ1) is 11.5. The van der Waals surface area contributed by atoms with Crippen LogP contribution in [0, 0.1) is 0 Å². The van der Waals surface area contributed by atoms with Gasteiger partial charge < -0.3 is 0 Å². The Hall–Kier alpha value is -1.61. The van der Waals surface area contributed by atoms with Gasteiger partial charge in [-0.2, -0.15) is 0 Å². The molecule has 1 N–H and O–H groups in total. The summed E-state index contributed by atoms with van der Waals surface area (Å²) in [5, 5.41) is 11.8. The van der Waals surface area contributed by atoms with Gasteiger partial charge in [-0.25, -0.2) is 0 Å². The minimum atomic E-state index is -2.13. The molecule has 1 aliphatic rings. The predicted molar refractivity (Wildman–Crippen MR) is 71.2 cm³/mol. The molecule has 2 unspecified atom stereocenters. The van der Waals surface area contributed by atoms with Gasteiger partial charge in [0.05, 0.1) is 0 Å². The van der Waals surface area contributed by atoms with Crippen molar-refractivity contribution in [3.63, 3.8) is 0 Å². The SMILES string of the molecule is O=[Se]1C=Nc2ccc(C(O)c3ccccc3)cc21. The number of nitrogens with zero attached hydrogens (tertiary/aromatic N) is 1. The zero-order chi connectivity index (χ0) is 12.5. The molecule has 0 aliphatic carbocycles. The molecule has 0 fully saturated rings. The average molecular weight is 304 g/mol. The van der Waals surface area contributed by atoms with Gasteiger partial charge in [0.1, 0.15) is 0 Å². The second-order valence-corrected chi connectivity index (χ2v) is 6.69. The van der Waals surface area contributed by atoms with Crippen molar-refractivity contribution in [2.45, 2.75) is 6.10 Å². The molecule has 3 nitrogen and oxygen atoms in total. The van der Waals surface area contributed by atoms with Gasteiger partial charge >= 0.3 is 109 Å². The maximum atomic E-state index is 11.8. The first-order chi connectivity index (χ1) is 8.75. The molecule has 0 saturated heterocycles. The van der Waals surface area contributed by atoms with E-state index in [0.717, 1.165) is 21.3 Å². The number of benzene rings is 2. The van der Waals surface area contributed by atoms with E-state index in [2.05, 4.69) is 4.99 Å². The van der Waals surface area contributed by atoms with E-state index < -0.39 is 19.9 Å². The van der Waals surface area contributed by atoms with E-state index in [4.69, 9.17) is 0 Å². The van der Waals surface area contributed by atoms with Crippen molar-refractivity contribution in [3.05, 3.63) is 59.7 Å². The summed E-state index contributed by atoms with van der Waals surface area (Å²) in [6.07, 6.45) is -0.684. The van der Waals surface area contributed by atoms with Gasteiger partial charge in [0.2, 0.25) is 0 Å². The minimum absolute atomic E-state index is 0.684. The molecule has 18 heavy (non-hydrogen) atoms. The van der Waals surface area contributed by atoms with Crippen LogP contribution in [-0.2, 0) is 3.83 Å². The van der Waals surface area contributed by atoms with Crippen molar-refractivity contribution < 1.29 is 8.94 Å². The summed E-state index contributed by atoms with van der Waals surface area (Å²) < 4.78 is 12.5. The van der Waals surface area contributed by atoms with Crippen LogP contribution in [0.2, 0.25) is 0 Å². The van der Waals surface area contributed by atoms with Gasteiger partial charge in [-0.1, -0.05) is 0 Å². The third-order valence-corrected chi connectivity index (χ3v) is 5.14. The van der Waals surface area contributed by atoms with E-state index in [0.29, 0.717) is 0 Å². The van der Waals surface area contributed by atoms with Gasteiger partial charge in [-0.05, 0) is 0 Å². The van der Waals surface area contributed by atoms with Gasteiger partial charge in [0.25, 0.3) is 0 Å². The van der Waals surface area contributed by atoms with E-state index in [-0.39, 0.29) is 0 Å². The van der Waals surface area contributed by atoms with Crippen LogP contribution in [-0.4, -0.2) is 24.1 Å². The molecule has 1 heterocycles. The zero-order valence-electron chi connectivity index (χ0n) is 9.48. The molecular weight excluding hydrogens is 293 g/mol. The Morgan fingerprint density at radius 3 is 2.61 bits per heavy atom. The van der Waals surface area contributed by atoms with Crippen LogP contribution >= 0.6 is 0 Å². The molecule has 3 rings (SSSR count). The standard InChI is InChI=1S/C14H11NO2Se/c16-14(10-4-2-1-3-5-10)11-6-7-12-13(8-11)18(17)9-15-12/h1-9,14,16H. The van der Waals surface area contributed by atoms with Crippen molar-refractivity contribution in [1.29, 1.82) is 0 Å². The van der Waals surface area contributed by atoms with Crippen LogP contribution in [0.3, 0.4) is 0 Å². The fraction of sp³-hybridized carbons (Fsp3) is 0.0714. The van der Waals surface area contributed by atoms with Crippen molar-refractivity contribution in [2.75, 3.05) is 0 Å². The number of rotatable bonds is 2. The molecule has 4 heteroatoms. The summed E-state index contributed by atoms with van der Waals surface area (Å²) in [5.41, 5.74) is 2.35. The number of aliphatic hydroxyl groups excluding tert-OH is 1. The second kappa shape index (κ2) is 4.58. The average Bonchev–Trinajstić information content (AvgIpc) is 2.80. The first-order valence-electron chi connectivity index (χ1n) is 5.57. The van der Waals surface area contributed by atoms with Crippen LogP contribution in [0.1, 0.15) is 17.2 Å². The molecule has 0 aromatic heterocycles. The molecule has 0 saturated carbocycles. The second-order valence-electron chi connectivity index (χ2n) is 4.07. The summed E-state index contributed by atoms with van der Waals surface area (Å²) in [4.78, 5) is 4.09. The number of aliphatic hydroxyl groups is 1. The molecule has 0 bridgehead atoms. The molecule has 0 spiro atoms. The zero-order valence-corrected chi connectivity index (χ0v) is 11.2. The van der Waals surface area contributed by atoms with Crippen molar-refractivity contribution in [2.24, 2.45) is 4.99 Å². The Balaban J connectivity index is 2.00. The summed E-state index contributed by atoms with van der Waals surface area (Å²) in [7, 11) is 0. The Labute approximate surface area is 109 Å². The van der Waals surface area contributed by atoms with Crippen LogP contribution < -0.4 is 4.46 Å². The Bertz CT molecular complexity index is 637. The Kier molecular flexibility index (Phi) is 2.92. The molecule has 2 aromatic carbocycles. The molecule has 2 aromatic rings. The van der Waals surface area contributed by atoms with E-state index in [9.17, 15) is 8.94 Å². The monoisotopic (exact) mass is 305 g/mol. The molecule has 90 valence electrons. The van der Waals surface area contributed by atoms with E-state index in [1.54, 1.807) is 6.07 Å². The van der Waals surface area contributed by atoms with Crippen molar-refractivity contribution in [1.82, 2.24) is 0 Å². The quantitative estimate of drug-likeness (QED) is 0.858. The summed E-state index contributed by atoms with van der Waals surface area (Å²) in [5.74, 6) is 0. The van der Waals surface area contributed by atoms with Gasteiger partial charge in [-0.15, -0.1) is 0 Å². The molecule has 2 atom stereocenters. The fourth-order valence-corrected chi connectivity index (χ4v) is 3.85. The predicted octanol–water partition coefficient (Wildman–Crippen LogP) is 1.65. The van der Waals surface area contributed by atoms with Crippen molar-refractivity contribution >= 4 is 29.1 Å².